The van der Waals surface area contributed by atoms with E-state index >= 15 is 0 Å². The number of nitrogens with one attached hydrogen (secondary N) is 1. The van der Waals surface area contributed by atoms with Crippen LogP contribution in [0.2, 0.25) is 0 Å². The van der Waals surface area contributed by atoms with Crippen molar-refractivity contribution in [1.82, 2.24) is 20.4 Å². The molecule has 7 heteroatoms. The summed E-state index contributed by atoms with van der Waals surface area (Å²) in [4.78, 5) is 6.92. The minimum atomic E-state index is -0.162. The van der Waals surface area contributed by atoms with Crippen molar-refractivity contribution < 1.29 is 9.26 Å². The van der Waals surface area contributed by atoms with Gasteiger partial charge in [-0.25, -0.2) is 0 Å². The number of rotatable bonds is 8. The lowest BCUT2D eigenvalue weighted by atomic mass is 9.94. The van der Waals surface area contributed by atoms with E-state index in [1.54, 1.807) is 0 Å². The van der Waals surface area contributed by atoms with E-state index in [0.29, 0.717) is 18.3 Å². The van der Waals surface area contributed by atoms with Gasteiger partial charge in [-0.05, 0) is 69.2 Å². The van der Waals surface area contributed by atoms with Crippen molar-refractivity contribution in [3.63, 3.8) is 0 Å². The summed E-state index contributed by atoms with van der Waals surface area (Å²) in [5, 5.41) is 8.52. The van der Waals surface area contributed by atoms with Crippen molar-refractivity contribution in [2.45, 2.75) is 46.6 Å². The third-order valence-corrected chi connectivity index (χ3v) is 6.16. The predicted molar refractivity (Wildman–Crippen MR) is 135 cm³/mol. The molecule has 1 atom stereocenters. The summed E-state index contributed by atoms with van der Waals surface area (Å²) < 4.78 is 11.3. The van der Waals surface area contributed by atoms with E-state index in [1.165, 1.54) is 5.56 Å². The number of unbranched alkanes of at least 4 members (excludes halogenated alkanes) is 1. The second-order valence-corrected chi connectivity index (χ2v) is 8.56. The molecule has 6 nitrogen and oxygen atoms in total. The number of aromatic nitrogens is 2. The van der Waals surface area contributed by atoms with E-state index in [0.717, 1.165) is 52.6 Å². The molecule has 0 amide bonds. The molecule has 1 aromatic heterocycles. The van der Waals surface area contributed by atoms with Crippen molar-refractivity contribution >= 4 is 22.9 Å². The molecule has 0 spiro atoms. The van der Waals surface area contributed by atoms with Gasteiger partial charge in [-0.1, -0.05) is 48.3 Å². The van der Waals surface area contributed by atoms with Gasteiger partial charge in [0.25, 0.3) is 5.89 Å². The van der Waals surface area contributed by atoms with Crippen molar-refractivity contribution in [2.24, 2.45) is 0 Å². The summed E-state index contributed by atoms with van der Waals surface area (Å²) in [6.45, 7) is 9.78. The summed E-state index contributed by atoms with van der Waals surface area (Å²) in [6, 6.07) is 16.0. The molecule has 33 heavy (non-hydrogen) atoms. The molecule has 0 fully saturated rings. The smallest absolute Gasteiger partial charge is 0.258 e. The first-order chi connectivity index (χ1) is 16.0. The maximum absolute atomic E-state index is 5.81. The van der Waals surface area contributed by atoms with Crippen LogP contribution in [-0.4, -0.2) is 33.3 Å². The first-order valence-electron chi connectivity index (χ1n) is 11.4. The fourth-order valence-electron chi connectivity index (χ4n) is 3.97. The van der Waals surface area contributed by atoms with Crippen LogP contribution in [0.1, 0.15) is 56.7 Å². The van der Waals surface area contributed by atoms with Gasteiger partial charge < -0.3 is 19.5 Å². The summed E-state index contributed by atoms with van der Waals surface area (Å²) in [6.07, 6.45) is 2.13. The SMILES string of the molecule is CCCCN1C(=S)NC(c2ccc(C)cc2)C(c2nc(-c3ccc(OCC)cc3)no2)=C1C. The molecule has 0 saturated carbocycles. The Morgan fingerprint density at radius 1 is 1.06 bits per heavy atom. The number of aryl methyl sites for hydroxylation is 1. The van der Waals surface area contributed by atoms with Crippen LogP contribution in [0.3, 0.4) is 0 Å². The van der Waals surface area contributed by atoms with Crippen molar-refractivity contribution in [3.8, 4) is 17.1 Å². The number of allylic oxidation sites excluding steroid dienone is 1. The van der Waals surface area contributed by atoms with Crippen LogP contribution in [-0.2, 0) is 0 Å². The first-order valence-corrected chi connectivity index (χ1v) is 11.8. The van der Waals surface area contributed by atoms with E-state index in [2.05, 4.69) is 60.4 Å². The van der Waals surface area contributed by atoms with Crippen molar-refractivity contribution in [2.75, 3.05) is 13.2 Å². The average molecular weight is 463 g/mol. The molecule has 1 unspecified atom stereocenters. The lowest BCUT2D eigenvalue weighted by Crippen LogP contribution is -2.46. The second kappa shape index (κ2) is 10.2. The molecule has 2 heterocycles. The molecular formula is C26H30N4O2S. The summed E-state index contributed by atoms with van der Waals surface area (Å²) >= 11 is 5.74. The van der Waals surface area contributed by atoms with Gasteiger partial charge in [-0.15, -0.1) is 0 Å². The molecule has 1 aliphatic heterocycles. The number of ether oxygens (including phenoxy) is 1. The van der Waals surface area contributed by atoms with E-state index in [9.17, 15) is 0 Å². The number of nitrogens with zero attached hydrogens (tertiary/aromatic N) is 3. The zero-order valence-electron chi connectivity index (χ0n) is 19.6. The van der Waals surface area contributed by atoms with Gasteiger partial charge in [-0.2, -0.15) is 4.98 Å². The van der Waals surface area contributed by atoms with Crippen molar-refractivity contribution in [3.05, 3.63) is 71.2 Å². The normalized spacial score (nSPS) is 16.2. The number of hydrogen-bond acceptors (Lipinski definition) is 5. The molecule has 1 N–H and O–H groups in total. The van der Waals surface area contributed by atoms with Gasteiger partial charge in [-0.3, -0.25) is 0 Å². The summed E-state index contributed by atoms with van der Waals surface area (Å²) in [7, 11) is 0. The third kappa shape index (κ3) is 4.93. The summed E-state index contributed by atoms with van der Waals surface area (Å²) in [5.41, 5.74) is 5.18. The highest BCUT2D eigenvalue weighted by molar-refractivity contribution is 7.80. The lowest BCUT2D eigenvalue weighted by molar-refractivity contribution is 0.340. The van der Waals surface area contributed by atoms with E-state index in [4.69, 9.17) is 26.5 Å². The number of thiocarbonyl (C=S) groups is 1. The van der Waals surface area contributed by atoms with E-state index in [-0.39, 0.29) is 6.04 Å². The maximum atomic E-state index is 5.81. The van der Waals surface area contributed by atoms with Gasteiger partial charge in [0.2, 0.25) is 5.82 Å². The molecule has 172 valence electrons. The Bertz CT molecular complexity index is 1140. The van der Waals surface area contributed by atoms with Crippen LogP contribution in [0.4, 0.5) is 0 Å². The predicted octanol–water partition coefficient (Wildman–Crippen LogP) is 5.91. The highest BCUT2D eigenvalue weighted by Gasteiger charge is 2.33. The fraction of sp³-hybridized carbons (Fsp3) is 0.346. The van der Waals surface area contributed by atoms with Crippen LogP contribution in [0.5, 0.6) is 5.75 Å². The van der Waals surface area contributed by atoms with Crippen LogP contribution >= 0.6 is 12.2 Å². The van der Waals surface area contributed by atoms with E-state index < -0.39 is 0 Å². The highest BCUT2D eigenvalue weighted by atomic mass is 32.1. The molecule has 1 aliphatic rings. The standard InChI is InChI=1S/C26H30N4O2S/c1-5-7-16-30-18(4)22(23(27-26(30)33)19-10-8-17(3)9-11-19)25-28-24(29-32-25)20-12-14-21(15-13-20)31-6-2/h8-15,23H,5-7,16H2,1-4H3,(H,27,33). The zero-order valence-corrected chi connectivity index (χ0v) is 20.4. The molecule has 0 saturated heterocycles. The Hall–Kier alpha value is -3.19. The van der Waals surface area contributed by atoms with Gasteiger partial charge in [0, 0.05) is 17.8 Å². The second-order valence-electron chi connectivity index (χ2n) is 8.18. The minimum Gasteiger partial charge on any atom is -0.494 e. The van der Waals surface area contributed by atoms with E-state index in [1.807, 2.05) is 31.2 Å². The van der Waals surface area contributed by atoms with Crippen LogP contribution in [0.25, 0.3) is 17.0 Å². The fourth-order valence-corrected chi connectivity index (χ4v) is 4.32. The topological polar surface area (TPSA) is 63.4 Å². The molecular weight excluding hydrogens is 432 g/mol. The highest BCUT2D eigenvalue weighted by Crippen LogP contribution is 2.37. The summed E-state index contributed by atoms with van der Waals surface area (Å²) in [5.74, 6) is 1.86. The van der Waals surface area contributed by atoms with Gasteiger partial charge in [0.05, 0.1) is 18.2 Å². The van der Waals surface area contributed by atoms with Gasteiger partial charge >= 0.3 is 0 Å². The monoisotopic (exact) mass is 462 g/mol. The average Bonchev–Trinajstić information content (AvgIpc) is 3.29. The Labute approximate surface area is 200 Å². The third-order valence-electron chi connectivity index (χ3n) is 5.82. The van der Waals surface area contributed by atoms with Gasteiger partial charge in [0.15, 0.2) is 5.11 Å². The van der Waals surface area contributed by atoms with Crippen molar-refractivity contribution in [1.29, 1.82) is 0 Å². The molecule has 4 rings (SSSR count). The molecule has 3 aromatic rings. The molecule has 0 aliphatic carbocycles. The minimum absolute atomic E-state index is 0.162. The zero-order chi connectivity index (χ0) is 23.4. The van der Waals surface area contributed by atoms with Crippen LogP contribution in [0.15, 0.2) is 58.8 Å². The Morgan fingerprint density at radius 3 is 2.45 bits per heavy atom. The largest absolute Gasteiger partial charge is 0.494 e. The Kier molecular flexibility index (Phi) is 7.08. The maximum Gasteiger partial charge on any atom is 0.258 e. The Balaban J connectivity index is 1.74. The number of hydrogen-bond donors (Lipinski definition) is 1. The van der Waals surface area contributed by atoms with Crippen LogP contribution < -0.4 is 10.1 Å². The molecule has 0 radical (unpaired) electrons. The van der Waals surface area contributed by atoms with Gasteiger partial charge in [0.1, 0.15) is 5.75 Å². The lowest BCUT2D eigenvalue weighted by Gasteiger charge is -2.37. The first kappa shape index (κ1) is 23.0. The quantitative estimate of drug-likeness (QED) is 0.418. The Morgan fingerprint density at radius 2 is 1.79 bits per heavy atom. The number of benzene rings is 2. The molecule has 0 bridgehead atoms. The molecule has 2 aromatic carbocycles. The van der Waals surface area contributed by atoms with Crippen LogP contribution in [0, 0.1) is 6.92 Å².